The van der Waals surface area contributed by atoms with Crippen molar-refractivity contribution in [1.29, 1.82) is 5.26 Å². The molecule has 3 heteroatoms. The third-order valence-electron chi connectivity index (χ3n) is 7.64. The Bertz CT molecular complexity index is 465. The summed E-state index contributed by atoms with van der Waals surface area (Å²) >= 11 is 0. The van der Waals surface area contributed by atoms with Crippen molar-refractivity contribution in [3.05, 3.63) is 0 Å². The van der Waals surface area contributed by atoms with Crippen LogP contribution in [-0.4, -0.2) is 19.0 Å². The van der Waals surface area contributed by atoms with Crippen molar-refractivity contribution < 1.29 is 9.47 Å². The van der Waals surface area contributed by atoms with Crippen molar-refractivity contribution in [3.8, 4) is 6.07 Å². The van der Waals surface area contributed by atoms with Crippen LogP contribution in [0.15, 0.2) is 0 Å². The summed E-state index contributed by atoms with van der Waals surface area (Å²) in [6, 6.07) is 2.36. The predicted octanol–water partition coefficient (Wildman–Crippen LogP) is 4.28. The molecule has 3 aliphatic carbocycles. The summed E-state index contributed by atoms with van der Waals surface area (Å²) < 4.78 is 12.4. The Labute approximate surface area is 134 Å². The van der Waals surface area contributed by atoms with E-state index < -0.39 is 0 Å². The van der Waals surface area contributed by atoms with Gasteiger partial charge in [-0.2, -0.15) is 5.26 Å². The molecule has 0 amide bonds. The van der Waals surface area contributed by atoms with Gasteiger partial charge in [-0.25, -0.2) is 0 Å². The second kappa shape index (κ2) is 5.49. The van der Waals surface area contributed by atoms with Crippen molar-refractivity contribution in [2.45, 2.75) is 70.5 Å². The van der Waals surface area contributed by atoms with Crippen LogP contribution in [0.25, 0.3) is 0 Å². The fourth-order valence-corrected chi connectivity index (χ4v) is 6.64. The fourth-order valence-electron chi connectivity index (χ4n) is 6.64. The minimum absolute atomic E-state index is 0.224. The minimum Gasteiger partial charge on any atom is -0.347 e. The summed E-state index contributed by atoms with van der Waals surface area (Å²) in [5.41, 5.74) is 0.224. The van der Waals surface area contributed by atoms with Gasteiger partial charge in [0.15, 0.2) is 5.79 Å². The lowest BCUT2D eigenvalue weighted by Gasteiger charge is -2.54. The smallest absolute Gasteiger partial charge is 0.174 e. The first-order chi connectivity index (χ1) is 10.7. The van der Waals surface area contributed by atoms with Gasteiger partial charge in [0, 0.05) is 18.3 Å². The molecule has 1 spiro atoms. The Hall–Kier alpha value is -0.590. The SMILES string of the molecule is CC12CCC3C(CCC#N)CCCC3C1CCC21OCCO1. The molecule has 4 rings (SSSR count). The molecule has 0 aromatic carbocycles. The van der Waals surface area contributed by atoms with Crippen LogP contribution in [0.5, 0.6) is 0 Å². The molecule has 0 bridgehead atoms. The van der Waals surface area contributed by atoms with Crippen molar-refractivity contribution in [1.82, 2.24) is 0 Å². The lowest BCUT2D eigenvalue weighted by molar-refractivity contribution is -0.241. The van der Waals surface area contributed by atoms with E-state index in [4.69, 9.17) is 14.7 Å². The molecule has 0 radical (unpaired) electrons. The molecular weight excluding hydrogens is 274 g/mol. The largest absolute Gasteiger partial charge is 0.347 e. The molecule has 5 atom stereocenters. The zero-order valence-corrected chi connectivity index (χ0v) is 13.9. The van der Waals surface area contributed by atoms with E-state index in [1.807, 2.05) is 0 Å². The van der Waals surface area contributed by atoms with Gasteiger partial charge in [0.25, 0.3) is 0 Å². The third-order valence-corrected chi connectivity index (χ3v) is 7.64. The average molecular weight is 303 g/mol. The van der Waals surface area contributed by atoms with Crippen LogP contribution >= 0.6 is 0 Å². The number of nitriles is 1. The van der Waals surface area contributed by atoms with Crippen LogP contribution in [0.3, 0.4) is 0 Å². The number of nitrogens with zero attached hydrogens (tertiary/aromatic N) is 1. The number of rotatable bonds is 2. The van der Waals surface area contributed by atoms with E-state index in [0.29, 0.717) is 0 Å². The van der Waals surface area contributed by atoms with Crippen LogP contribution in [0, 0.1) is 40.4 Å². The molecule has 3 saturated carbocycles. The quantitative estimate of drug-likeness (QED) is 0.765. The maximum absolute atomic E-state index is 8.94. The summed E-state index contributed by atoms with van der Waals surface area (Å²) in [6.07, 6.45) is 10.9. The molecule has 4 fully saturated rings. The summed E-state index contributed by atoms with van der Waals surface area (Å²) in [6.45, 7) is 4.01. The van der Waals surface area contributed by atoms with E-state index in [1.54, 1.807) is 0 Å². The lowest BCUT2D eigenvalue weighted by Crippen LogP contribution is -2.52. The van der Waals surface area contributed by atoms with Gasteiger partial charge in [0.05, 0.1) is 19.3 Å². The molecule has 3 nitrogen and oxygen atoms in total. The topological polar surface area (TPSA) is 42.2 Å². The van der Waals surface area contributed by atoms with E-state index in [-0.39, 0.29) is 11.2 Å². The second-order valence-corrected chi connectivity index (χ2v) is 8.27. The Morgan fingerprint density at radius 3 is 2.64 bits per heavy atom. The maximum atomic E-state index is 8.94. The van der Waals surface area contributed by atoms with Gasteiger partial charge in [-0.3, -0.25) is 0 Å². The Kier molecular flexibility index (Phi) is 3.74. The van der Waals surface area contributed by atoms with E-state index in [2.05, 4.69) is 13.0 Å². The Morgan fingerprint density at radius 2 is 1.86 bits per heavy atom. The molecule has 1 saturated heterocycles. The molecule has 4 aliphatic rings. The van der Waals surface area contributed by atoms with Crippen LogP contribution in [0.1, 0.15) is 64.7 Å². The van der Waals surface area contributed by atoms with Crippen LogP contribution in [-0.2, 0) is 9.47 Å². The molecule has 0 aromatic rings. The molecule has 0 N–H and O–H groups in total. The van der Waals surface area contributed by atoms with Gasteiger partial charge in [-0.1, -0.05) is 19.8 Å². The van der Waals surface area contributed by atoms with Gasteiger partial charge >= 0.3 is 0 Å². The second-order valence-electron chi connectivity index (χ2n) is 8.27. The summed E-state index contributed by atoms with van der Waals surface area (Å²) in [5, 5.41) is 8.94. The highest BCUT2D eigenvalue weighted by molar-refractivity contribution is 5.09. The summed E-state index contributed by atoms with van der Waals surface area (Å²) in [7, 11) is 0. The summed E-state index contributed by atoms with van der Waals surface area (Å²) in [5.74, 6) is 3.02. The van der Waals surface area contributed by atoms with Crippen LogP contribution in [0.2, 0.25) is 0 Å². The number of ether oxygens (including phenoxy) is 2. The normalized spacial score (nSPS) is 46.2. The molecule has 22 heavy (non-hydrogen) atoms. The minimum atomic E-state index is -0.262. The number of hydrogen-bond donors (Lipinski definition) is 0. The first kappa shape index (κ1) is 15.0. The van der Waals surface area contributed by atoms with Crippen molar-refractivity contribution in [2.75, 3.05) is 13.2 Å². The highest BCUT2D eigenvalue weighted by Crippen LogP contribution is 2.65. The standard InChI is InChI=1S/C19H29NO2/c1-18-9-7-15-14(5-3-11-20)4-2-6-16(15)17(18)8-10-19(18)21-12-13-22-19/h14-17H,2-10,12-13H2,1H3. The predicted molar refractivity (Wildman–Crippen MR) is 83.9 cm³/mol. The highest BCUT2D eigenvalue weighted by atomic mass is 16.7. The van der Waals surface area contributed by atoms with Crippen LogP contribution < -0.4 is 0 Å². The van der Waals surface area contributed by atoms with Gasteiger partial charge in [0.2, 0.25) is 0 Å². The first-order valence-corrected chi connectivity index (χ1v) is 9.35. The molecule has 122 valence electrons. The monoisotopic (exact) mass is 303 g/mol. The highest BCUT2D eigenvalue weighted by Gasteiger charge is 2.65. The van der Waals surface area contributed by atoms with Gasteiger partial charge in [-0.05, 0) is 55.8 Å². The molecular formula is C19H29NO2. The zero-order valence-electron chi connectivity index (χ0n) is 13.9. The van der Waals surface area contributed by atoms with Gasteiger partial charge in [-0.15, -0.1) is 0 Å². The summed E-state index contributed by atoms with van der Waals surface area (Å²) in [4.78, 5) is 0. The third kappa shape index (κ3) is 2.00. The number of hydrogen-bond acceptors (Lipinski definition) is 3. The van der Waals surface area contributed by atoms with Gasteiger partial charge < -0.3 is 9.47 Å². The maximum Gasteiger partial charge on any atom is 0.174 e. The van der Waals surface area contributed by atoms with Gasteiger partial charge in [0.1, 0.15) is 0 Å². The molecule has 1 aliphatic heterocycles. The molecule has 0 aromatic heterocycles. The molecule has 1 heterocycles. The van der Waals surface area contributed by atoms with E-state index in [0.717, 1.165) is 56.1 Å². The first-order valence-electron chi connectivity index (χ1n) is 9.35. The number of fused-ring (bicyclic) bond motifs is 4. The van der Waals surface area contributed by atoms with Crippen molar-refractivity contribution in [3.63, 3.8) is 0 Å². The Balaban J connectivity index is 1.56. The Morgan fingerprint density at radius 1 is 1.05 bits per heavy atom. The van der Waals surface area contributed by atoms with Crippen LogP contribution in [0.4, 0.5) is 0 Å². The van der Waals surface area contributed by atoms with E-state index in [9.17, 15) is 0 Å². The fraction of sp³-hybridized carbons (Fsp3) is 0.947. The van der Waals surface area contributed by atoms with E-state index >= 15 is 0 Å². The van der Waals surface area contributed by atoms with Crippen molar-refractivity contribution >= 4 is 0 Å². The average Bonchev–Trinajstić information content (AvgIpc) is 3.12. The molecule has 5 unspecified atom stereocenters. The van der Waals surface area contributed by atoms with Crippen molar-refractivity contribution in [2.24, 2.45) is 29.1 Å². The lowest BCUT2D eigenvalue weighted by atomic mass is 9.53. The zero-order chi connectivity index (χ0) is 15.2. The van der Waals surface area contributed by atoms with E-state index in [1.165, 1.54) is 38.5 Å².